The summed E-state index contributed by atoms with van der Waals surface area (Å²) in [4.78, 5) is 3.63. The highest BCUT2D eigenvalue weighted by atomic mass is 19.4. The van der Waals surface area contributed by atoms with Gasteiger partial charge in [-0.3, -0.25) is 0 Å². The molecule has 1 aromatic rings. The summed E-state index contributed by atoms with van der Waals surface area (Å²) >= 11 is 0. The van der Waals surface area contributed by atoms with Gasteiger partial charge in [-0.25, -0.2) is 4.98 Å². The van der Waals surface area contributed by atoms with Crippen molar-refractivity contribution < 1.29 is 17.9 Å². The van der Waals surface area contributed by atoms with Crippen LogP contribution in [0.15, 0.2) is 12.1 Å². The van der Waals surface area contributed by atoms with Gasteiger partial charge in [0.1, 0.15) is 11.8 Å². The van der Waals surface area contributed by atoms with Crippen LogP contribution < -0.4 is 10.5 Å². The zero-order valence-electron chi connectivity index (χ0n) is 12.3. The summed E-state index contributed by atoms with van der Waals surface area (Å²) in [5.41, 5.74) is 5.14. The number of rotatable bonds is 3. The van der Waals surface area contributed by atoms with Gasteiger partial charge in [-0.1, -0.05) is 19.9 Å². The van der Waals surface area contributed by atoms with E-state index in [0.29, 0.717) is 17.4 Å². The lowest BCUT2D eigenvalue weighted by molar-refractivity contribution is -0.141. The standard InChI is InChI=1S/C15H21F3N2O/c1-9-5-10(2)7-12(6-9)21-14-11(8-19)3-4-13(20-14)15(16,17)18/h3-4,9-10,12H,5-8,19H2,1-2H3. The molecule has 0 aliphatic heterocycles. The lowest BCUT2D eigenvalue weighted by atomic mass is 9.82. The van der Waals surface area contributed by atoms with Gasteiger partial charge < -0.3 is 10.5 Å². The van der Waals surface area contributed by atoms with Crippen LogP contribution in [0.25, 0.3) is 0 Å². The molecule has 1 heterocycles. The maximum Gasteiger partial charge on any atom is 0.433 e. The van der Waals surface area contributed by atoms with Crippen molar-refractivity contribution in [2.24, 2.45) is 17.6 Å². The first kappa shape index (κ1) is 16.1. The van der Waals surface area contributed by atoms with Crippen LogP contribution in [0.2, 0.25) is 0 Å². The van der Waals surface area contributed by atoms with Crippen molar-refractivity contribution >= 4 is 0 Å². The molecule has 0 spiro atoms. The Balaban J connectivity index is 2.21. The molecule has 1 saturated carbocycles. The summed E-state index contributed by atoms with van der Waals surface area (Å²) in [5, 5.41) is 0. The molecule has 21 heavy (non-hydrogen) atoms. The number of alkyl halides is 3. The highest BCUT2D eigenvalue weighted by Gasteiger charge is 2.34. The zero-order valence-corrected chi connectivity index (χ0v) is 12.3. The Morgan fingerprint density at radius 2 is 1.81 bits per heavy atom. The Hall–Kier alpha value is -1.30. The van der Waals surface area contributed by atoms with Crippen molar-refractivity contribution in [2.45, 2.75) is 51.9 Å². The molecular formula is C15H21F3N2O. The van der Waals surface area contributed by atoms with Gasteiger partial charge >= 0.3 is 6.18 Å². The van der Waals surface area contributed by atoms with Crippen molar-refractivity contribution in [2.75, 3.05) is 0 Å². The maximum atomic E-state index is 12.8. The van der Waals surface area contributed by atoms with Gasteiger partial charge in [0, 0.05) is 12.1 Å². The zero-order chi connectivity index (χ0) is 15.6. The highest BCUT2D eigenvalue weighted by Crippen LogP contribution is 2.34. The molecule has 0 aromatic carbocycles. The van der Waals surface area contributed by atoms with E-state index in [2.05, 4.69) is 18.8 Å². The minimum atomic E-state index is -4.47. The van der Waals surface area contributed by atoms with Crippen molar-refractivity contribution in [1.29, 1.82) is 0 Å². The van der Waals surface area contributed by atoms with Crippen LogP contribution in [0.5, 0.6) is 5.88 Å². The average molecular weight is 302 g/mol. The molecule has 1 fully saturated rings. The fraction of sp³-hybridized carbons (Fsp3) is 0.667. The van der Waals surface area contributed by atoms with E-state index in [9.17, 15) is 13.2 Å². The average Bonchev–Trinajstić information content (AvgIpc) is 2.36. The van der Waals surface area contributed by atoms with E-state index in [0.717, 1.165) is 25.3 Å². The molecule has 1 aliphatic carbocycles. The topological polar surface area (TPSA) is 48.1 Å². The maximum absolute atomic E-state index is 12.8. The van der Waals surface area contributed by atoms with E-state index in [1.165, 1.54) is 6.07 Å². The van der Waals surface area contributed by atoms with Gasteiger partial charge in [0.05, 0.1) is 0 Å². The Kier molecular flexibility index (Phi) is 4.76. The van der Waals surface area contributed by atoms with Crippen LogP contribution in [0.3, 0.4) is 0 Å². The summed E-state index contributed by atoms with van der Waals surface area (Å²) in [5.74, 6) is 1.04. The minimum absolute atomic E-state index is 0.0265. The molecular weight excluding hydrogens is 281 g/mol. The third-order valence-corrected chi connectivity index (χ3v) is 3.86. The number of nitrogens with two attached hydrogens (primary N) is 1. The van der Waals surface area contributed by atoms with Gasteiger partial charge in [-0.15, -0.1) is 0 Å². The SMILES string of the molecule is CC1CC(C)CC(Oc2nc(C(F)(F)F)ccc2CN)C1. The molecule has 0 bridgehead atoms. The van der Waals surface area contributed by atoms with Crippen LogP contribution in [0, 0.1) is 11.8 Å². The van der Waals surface area contributed by atoms with E-state index < -0.39 is 11.9 Å². The van der Waals surface area contributed by atoms with Crippen LogP contribution in [-0.4, -0.2) is 11.1 Å². The predicted octanol–water partition coefficient (Wildman–Crippen LogP) is 3.76. The van der Waals surface area contributed by atoms with Crippen LogP contribution in [0.4, 0.5) is 13.2 Å². The van der Waals surface area contributed by atoms with Gasteiger partial charge in [0.25, 0.3) is 0 Å². The van der Waals surface area contributed by atoms with Crippen molar-refractivity contribution in [1.82, 2.24) is 4.98 Å². The summed E-state index contributed by atoms with van der Waals surface area (Å²) in [6.45, 7) is 4.38. The quantitative estimate of drug-likeness (QED) is 0.924. The Labute approximate surface area is 122 Å². The number of halogens is 3. The Morgan fingerprint density at radius 3 is 2.33 bits per heavy atom. The van der Waals surface area contributed by atoms with Crippen LogP contribution in [-0.2, 0) is 12.7 Å². The first-order valence-electron chi connectivity index (χ1n) is 7.23. The lowest BCUT2D eigenvalue weighted by Crippen LogP contribution is -2.29. The van der Waals surface area contributed by atoms with Crippen LogP contribution >= 0.6 is 0 Å². The van der Waals surface area contributed by atoms with Crippen molar-refractivity contribution in [3.05, 3.63) is 23.4 Å². The molecule has 6 heteroatoms. The fourth-order valence-electron chi connectivity index (χ4n) is 3.01. The Morgan fingerprint density at radius 1 is 1.19 bits per heavy atom. The molecule has 3 nitrogen and oxygen atoms in total. The molecule has 2 N–H and O–H groups in total. The first-order valence-corrected chi connectivity index (χ1v) is 7.23. The van der Waals surface area contributed by atoms with Crippen molar-refractivity contribution in [3.63, 3.8) is 0 Å². The lowest BCUT2D eigenvalue weighted by Gasteiger charge is -2.31. The molecule has 0 radical (unpaired) electrons. The van der Waals surface area contributed by atoms with Gasteiger partial charge in [-0.05, 0) is 37.2 Å². The van der Waals surface area contributed by atoms with E-state index >= 15 is 0 Å². The fourth-order valence-corrected chi connectivity index (χ4v) is 3.01. The minimum Gasteiger partial charge on any atom is -0.474 e. The predicted molar refractivity (Wildman–Crippen MR) is 73.7 cm³/mol. The summed E-state index contributed by atoms with van der Waals surface area (Å²) in [6, 6.07) is 2.29. The third kappa shape index (κ3) is 4.09. The van der Waals surface area contributed by atoms with Crippen molar-refractivity contribution in [3.8, 4) is 5.88 Å². The normalized spacial score (nSPS) is 26.7. The number of pyridine rings is 1. The largest absolute Gasteiger partial charge is 0.474 e. The smallest absolute Gasteiger partial charge is 0.433 e. The summed E-state index contributed by atoms with van der Waals surface area (Å²) < 4.78 is 44.0. The second-order valence-corrected chi connectivity index (χ2v) is 6.02. The number of ether oxygens (including phenoxy) is 1. The molecule has 2 rings (SSSR count). The van der Waals surface area contributed by atoms with Gasteiger partial charge in [-0.2, -0.15) is 13.2 Å². The molecule has 1 aromatic heterocycles. The third-order valence-electron chi connectivity index (χ3n) is 3.86. The highest BCUT2D eigenvalue weighted by molar-refractivity contribution is 5.29. The second-order valence-electron chi connectivity index (χ2n) is 6.02. The number of hydrogen-bond acceptors (Lipinski definition) is 3. The summed E-state index contributed by atoms with van der Waals surface area (Å²) in [6.07, 6.45) is -1.76. The molecule has 118 valence electrons. The van der Waals surface area contributed by atoms with Gasteiger partial charge in [0.2, 0.25) is 5.88 Å². The van der Waals surface area contributed by atoms with E-state index in [1.807, 2.05) is 0 Å². The molecule has 2 atom stereocenters. The molecule has 0 saturated heterocycles. The first-order chi connectivity index (χ1) is 9.79. The molecule has 1 aliphatic rings. The van der Waals surface area contributed by atoms with Crippen LogP contribution in [0.1, 0.15) is 44.4 Å². The second kappa shape index (κ2) is 6.22. The number of hydrogen-bond donors (Lipinski definition) is 1. The molecule has 0 amide bonds. The van der Waals surface area contributed by atoms with E-state index in [4.69, 9.17) is 10.5 Å². The summed E-state index contributed by atoms with van der Waals surface area (Å²) in [7, 11) is 0. The number of nitrogens with zero attached hydrogens (tertiary/aromatic N) is 1. The van der Waals surface area contributed by atoms with E-state index in [1.54, 1.807) is 0 Å². The number of aromatic nitrogens is 1. The van der Waals surface area contributed by atoms with E-state index in [-0.39, 0.29) is 18.5 Å². The molecule has 2 unspecified atom stereocenters. The monoisotopic (exact) mass is 302 g/mol. The Bertz CT molecular complexity index is 480. The van der Waals surface area contributed by atoms with Gasteiger partial charge in [0.15, 0.2) is 0 Å².